The first-order valence-corrected chi connectivity index (χ1v) is 10.0. The fraction of sp³-hybridized carbons (Fsp3) is 0.0833. The molecule has 0 aromatic heterocycles. The summed E-state index contributed by atoms with van der Waals surface area (Å²) in [5, 5.41) is 33.8. The molecule has 0 aliphatic rings. The number of rotatable bonds is 9. The summed E-state index contributed by atoms with van der Waals surface area (Å²) in [6, 6.07) is 18.2. The van der Waals surface area contributed by atoms with Crippen molar-refractivity contribution in [3.05, 3.63) is 104 Å². The zero-order chi connectivity index (χ0) is 25.4. The van der Waals surface area contributed by atoms with Crippen LogP contribution in [0, 0.1) is 31.6 Å². The normalized spacial score (nSPS) is 10.7. The van der Waals surface area contributed by atoms with E-state index in [0.717, 1.165) is 5.56 Å². The predicted octanol–water partition coefficient (Wildman–Crippen LogP) is 4.64. The topological polar surface area (TPSA) is 158 Å². The standard InChI is InChI=1S/C24H18N4O7/c1-34-21-10-11-22(23(13-21)28(32)33)26-24(29)18(14-25)12-16-4-8-20(9-5-16)35-15-17-2-6-19(7-3-17)27(30)31/h2-13H,15H2,1H3,(H,26,29)/b18-12+. The van der Waals surface area contributed by atoms with Crippen molar-refractivity contribution in [2.75, 3.05) is 12.4 Å². The molecular weight excluding hydrogens is 456 g/mol. The minimum Gasteiger partial charge on any atom is -0.496 e. The summed E-state index contributed by atoms with van der Waals surface area (Å²) < 4.78 is 10.6. The van der Waals surface area contributed by atoms with Gasteiger partial charge in [-0.05, 0) is 53.6 Å². The number of anilines is 1. The van der Waals surface area contributed by atoms with Crippen LogP contribution in [0.5, 0.6) is 11.5 Å². The van der Waals surface area contributed by atoms with Gasteiger partial charge in [0.15, 0.2) is 0 Å². The van der Waals surface area contributed by atoms with Crippen molar-refractivity contribution in [3.63, 3.8) is 0 Å². The molecule has 0 aliphatic carbocycles. The van der Waals surface area contributed by atoms with Gasteiger partial charge in [-0.1, -0.05) is 12.1 Å². The molecule has 0 fully saturated rings. The van der Waals surface area contributed by atoms with Crippen molar-refractivity contribution in [2.24, 2.45) is 0 Å². The maximum atomic E-state index is 12.5. The van der Waals surface area contributed by atoms with Gasteiger partial charge >= 0.3 is 0 Å². The third-order valence-corrected chi connectivity index (χ3v) is 4.76. The molecule has 1 amide bonds. The highest BCUT2D eigenvalue weighted by Gasteiger charge is 2.19. The second-order valence-electron chi connectivity index (χ2n) is 7.05. The lowest BCUT2D eigenvalue weighted by atomic mass is 10.1. The number of nitriles is 1. The van der Waals surface area contributed by atoms with Crippen LogP contribution in [0.25, 0.3) is 6.08 Å². The van der Waals surface area contributed by atoms with Gasteiger partial charge in [-0.2, -0.15) is 5.26 Å². The Kier molecular flexibility index (Phi) is 7.71. The Morgan fingerprint density at radius 2 is 1.66 bits per heavy atom. The number of hydrogen-bond donors (Lipinski definition) is 1. The molecule has 3 aromatic rings. The molecule has 0 heterocycles. The van der Waals surface area contributed by atoms with E-state index in [1.807, 2.05) is 0 Å². The zero-order valence-corrected chi connectivity index (χ0v) is 18.3. The molecule has 0 bridgehead atoms. The monoisotopic (exact) mass is 474 g/mol. The van der Waals surface area contributed by atoms with Gasteiger partial charge in [-0.25, -0.2) is 0 Å². The van der Waals surface area contributed by atoms with Crippen LogP contribution in [-0.2, 0) is 11.4 Å². The van der Waals surface area contributed by atoms with E-state index in [2.05, 4.69) is 5.32 Å². The number of nitro benzene ring substituents is 2. The highest BCUT2D eigenvalue weighted by Crippen LogP contribution is 2.29. The predicted molar refractivity (Wildman–Crippen MR) is 126 cm³/mol. The maximum absolute atomic E-state index is 12.5. The lowest BCUT2D eigenvalue weighted by Crippen LogP contribution is -2.14. The highest BCUT2D eigenvalue weighted by molar-refractivity contribution is 6.10. The second-order valence-corrected chi connectivity index (χ2v) is 7.05. The van der Waals surface area contributed by atoms with E-state index in [1.54, 1.807) is 42.5 Å². The summed E-state index contributed by atoms with van der Waals surface area (Å²) in [5.41, 5.74) is 0.569. The molecule has 35 heavy (non-hydrogen) atoms. The number of ether oxygens (including phenoxy) is 2. The number of carbonyl (C=O) groups is 1. The van der Waals surface area contributed by atoms with Gasteiger partial charge in [0.25, 0.3) is 17.3 Å². The summed E-state index contributed by atoms with van der Waals surface area (Å²) in [6.45, 7) is 0.194. The van der Waals surface area contributed by atoms with Gasteiger partial charge in [-0.15, -0.1) is 0 Å². The number of nitrogens with zero attached hydrogens (tertiary/aromatic N) is 3. The molecular formula is C24H18N4O7. The molecule has 1 N–H and O–H groups in total. The number of amides is 1. The summed E-state index contributed by atoms with van der Waals surface area (Å²) in [6.07, 6.45) is 1.34. The number of non-ortho nitro benzene ring substituents is 1. The molecule has 11 heteroatoms. The van der Waals surface area contributed by atoms with Gasteiger partial charge in [0.05, 0.1) is 23.0 Å². The third kappa shape index (κ3) is 6.39. The molecule has 3 rings (SSSR count). The van der Waals surface area contributed by atoms with Gasteiger partial charge in [0.2, 0.25) is 0 Å². The first-order chi connectivity index (χ1) is 16.8. The Labute approximate surface area is 199 Å². The molecule has 0 spiro atoms. The summed E-state index contributed by atoms with van der Waals surface area (Å²) in [4.78, 5) is 33.4. The zero-order valence-electron chi connectivity index (χ0n) is 18.3. The van der Waals surface area contributed by atoms with E-state index in [0.29, 0.717) is 11.3 Å². The molecule has 0 unspecified atom stereocenters. The molecule has 0 saturated heterocycles. The number of carbonyl (C=O) groups excluding carboxylic acids is 1. The Morgan fingerprint density at radius 1 is 1.00 bits per heavy atom. The van der Waals surface area contributed by atoms with E-state index in [9.17, 15) is 30.3 Å². The van der Waals surface area contributed by atoms with Crippen molar-refractivity contribution in [1.82, 2.24) is 0 Å². The largest absolute Gasteiger partial charge is 0.496 e. The molecule has 3 aromatic carbocycles. The van der Waals surface area contributed by atoms with Gasteiger partial charge in [0.1, 0.15) is 35.4 Å². The Bertz CT molecular complexity index is 1330. The fourth-order valence-corrected chi connectivity index (χ4v) is 2.94. The highest BCUT2D eigenvalue weighted by atomic mass is 16.6. The molecule has 0 atom stereocenters. The average molecular weight is 474 g/mol. The first kappa shape index (κ1) is 24.4. The van der Waals surface area contributed by atoms with Crippen LogP contribution >= 0.6 is 0 Å². The maximum Gasteiger partial charge on any atom is 0.296 e. The van der Waals surface area contributed by atoms with Crippen LogP contribution in [-0.4, -0.2) is 22.9 Å². The molecule has 11 nitrogen and oxygen atoms in total. The molecule has 176 valence electrons. The summed E-state index contributed by atoms with van der Waals surface area (Å²) in [7, 11) is 1.36. The number of hydrogen-bond acceptors (Lipinski definition) is 8. The number of nitro groups is 2. The molecule has 0 aliphatic heterocycles. The van der Waals surface area contributed by atoms with Crippen molar-refractivity contribution in [1.29, 1.82) is 5.26 Å². The van der Waals surface area contributed by atoms with Crippen LogP contribution in [0.2, 0.25) is 0 Å². The number of nitrogens with one attached hydrogen (secondary N) is 1. The smallest absolute Gasteiger partial charge is 0.296 e. The lowest BCUT2D eigenvalue weighted by Gasteiger charge is -2.08. The van der Waals surface area contributed by atoms with E-state index in [4.69, 9.17) is 9.47 Å². The van der Waals surface area contributed by atoms with E-state index in [1.165, 1.54) is 43.5 Å². The average Bonchev–Trinajstić information content (AvgIpc) is 2.87. The lowest BCUT2D eigenvalue weighted by molar-refractivity contribution is -0.384. The van der Waals surface area contributed by atoms with Gasteiger partial charge in [0, 0.05) is 12.1 Å². The van der Waals surface area contributed by atoms with Crippen LogP contribution in [0.1, 0.15) is 11.1 Å². The van der Waals surface area contributed by atoms with Crippen molar-refractivity contribution >= 4 is 29.0 Å². The molecule has 0 saturated carbocycles. The van der Waals surface area contributed by atoms with Crippen molar-refractivity contribution in [2.45, 2.75) is 6.61 Å². The molecule has 0 radical (unpaired) electrons. The van der Waals surface area contributed by atoms with Crippen LogP contribution in [0.15, 0.2) is 72.3 Å². The minimum atomic E-state index is -0.806. The second kappa shape index (κ2) is 11.1. The minimum absolute atomic E-state index is 0.0104. The SMILES string of the molecule is COc1ccc(NC(=O)/C(C#N)=C/c2ccc(OCc3ccc([N+](=O)[O-])cc3)cc2)c([N+](=O)[O-])c1. The van der Waals surface area contributed by atoms with Crippen LogP contribution in [0.3, 0.4) is 0 Å². The quantitative estimate of drug-likeness (QED) is 0.203. The van der Waals surface area contributed by atoms with Gasteiger partial charge in [-0.3, -0.25) is 25.0 Å². The van der Waals surface area contributed by atoms with Crippen molar-refractivity contribution in [3.8, 4) is 17.6 Å². The number of benzene rings is 3. The summed E-state index contributed by atoms with van der Waals surface area (Å²) >= 11 is 0. The van der Waals surface area contributed by atoms with Crippen molar-refractivity contribution < 1.29 is 24.1 Å². The van der Waals surface area contributed by atoms with Gasteiger partial charge < -0.3 is 14.8 Å². The van der Waals surface area contributed by atoms with E-state index < -0.39 is 15.8 Å². The first-order valence-electron chi connectivity index (χ1n) is 10.0. The Hall–Kier alpha value is -5.24. The van der Waals surface area contributed by atoms with E-state index >= 15 is 0 Å². The number of methoxy groups -OCH3 is 1. The van der Waals surface area contributed by atoms with Crippen LogP contribution < -0.4 is 14.8 Å². The van der Waals surface area contributed by atoms with E-state index in [-0.39, 0.29) is 35.0 Å². The fourth-order valence-electron chi connectivity index (χ4n) is 2.94. The Morgan fingerprint density at radius 3 is 2.23 bits per heavy atom. The summed E-state index contributed by atoms with van der Waals surface area (Å²) in [5.74, 6) is -0.0433. The Balaban J connectivity index is 1.68. The van der Waals surface area contributed by atoms with Crippen LogP contribution in [0.4, 0.5) is 17.1 Å². The third-order valence-electron chi connectivity index (χ3n) is 4.76.